The summed E-state index contributed by atoms with van der Waals surface area (Å²) in [4.78, 5) is 20.8. The van der Waals surface area contributed by atoms with Gasteiger partial charge in [-0.25, -0.2) is 0 Å². The topological polar surface area (TPSA) is 45.7 Å². The fourth-order valence-electron chi connectivity index (χ4n) is 3.85. The lowest BCUT2D eigenvalue weighted by atomic mass is 9.88. The molecule has 1 aromatic heterocycles. The third-order valence-electron chi connectivity index (χ3n) is 5.00. The third kappa shape index (κ3) is 2.34. The molecule has 5 nitrogen and oxygen atoms in total. The van der Waals surface area contributed by atoms with Crippen molar-refractivity contribution >= 4 is 5.91 Å². The fourth-order valence-corrected chi connectivity index (χ4v) is 3.85. The van der Waals surface area contributed by atoms with E-state index in [2.05, 4.69) is 9.88 Å². The minimum Gasteiger partial charge on any atom is -0.370 e. The molecule has 1 spiro atoms. The molecule has 3 saturated heterocycles. The van der Waals surface area contributed by atoms with Crippen LogP contribution in [0.5, 0.6) is 0 Å². The minimum absolute atomic E-state index is 0.0712. The highest BCUT2D eigenvalue weighted by Crippen LogP contribution is 2.38. The molecular weight excluding hydrogens is 266 g/mol. The largest absolute Gasteiger partial charge is 0.370 e. The van der Waals surface area contributed by atoms with Gasteiger partial charge in [0, 0.05) is 18.4 Å². The Labute approximate surface area is 124 Å². The molecule has 3 aliphatic heterocycles. The first kappa shape index (κ1) is 13.2. The van der Waals surface area contributed by atoms with Gasteiger partial charge >= 0.3 is 0 Å². The first-order chi connectivity index (χ1) is 10.3. The summed E-state index contributed by atoms with van der Waals surface area (Å²) in [6, 6.07) is 4.18. The second-order valence-corrected chi connectivity index (χ2v) is 6.50. The van der Waals surface area contributed by atoms with E-state index in [4.69, 9.17) is 4.74 Å². The Bertz CT molecular complexity index is 522. The zero-order chi connectivity index (χ0) is 14.3. The van der Waals surface area contributed by atoms with Crippen molar-refractivity contribution in [2.24, 2.45) is 0 Å². The first-order valence-electron chi connectivity index (χ1n) is 7.83. The summed E-state index contributed by atoms with van der Waals surface area (Å²) in [7, 11) is 0. The van der Waals surface area contributed by atoms with Crippen molar-refractivity contribution in [2.45, 2.75) is 30.9 Å². The minimum atomic E-state index is -0.0782. The van der Waals surface area contributed by atoms with Gasteiger partial charge < -0.3 is 9.64 Å². The lowest BCUT2D eigenvalue weighted by Gasteiger charge is -2.47. The molecule has 21 heavy (non-hydrogen) atoms. The highest BCUT2D eigenvalue weighted by molar-refractivity contribution is 5.94. The average molecular weight is 287 g/mol. The molecule has 1 amide bonds. The standard InChI is InChI=1S/C16H21N3O2/c20-15(13-4-3-5-17-9-13)19-11-16(12-19)8-14(10-21-16)18-6-1-2-7-18/h3-5,9,14H,1-2,6-8,10-12H2. The molecule has 1 atom stereocenters. The van der Waals surface area contributed by atoms with E-state index in [0.29, 0.717) is 11.6 Å². The van der Waals surface area contributed by atoms with Crippen LogP contribution < -0.4 is 0 Å². The number of ether oxygens (including phenoxy) is 1. The van der Waals surface area contributed by atoms with Gasteiger partial charge in [-0.1, -0.05) is 0 Å². The summed E-state index contributed by atoms with van der Waals surface area (Å²) in [5.41, 5.74) is 0.590. The van der Waals surface area contributed by atoms with E-state index in [1.54, 1.807) is 18.5 Å². The van der Waals surface area contributed by atoms with Crippen LogP contribution in [0.2, 0.25) is 0 Å². The third-order valence-corrected chi connectivity index (χ3v) is 5.00. The molecule has 0 saturated carbocycles. The van der Waals surface area contributed by atoms with Crippen LogP contribution in [0.3, 0.4) is 0 Å². The zero-order valence-corrected chi connectivity index (χ0v) is 12.2. The van der Waals surface area contributed by atoms with Gasteiger partial charge in [-0.2, -0.15) is 0 Å². The van der Waals surface area contributed by atoms with E-state index in [1.807, 2.05) is 11.0 Å². The summed E-state index contributed by atoms with van der Waals surface area (Å²) >= 11 is 0. The van der Waals surface area contributed by atoms with Crippen molar-refractivity contribution in [1.82, 2.24) is 14.8 Å². The lowest BCUT2D eigenvalue weighted by molar-refractivity contribution is -0.0950. The predicted molar refractivity (Wildman–Crippen MR) is 78.0 cm³/mol. The predicted octanol–water partition coefficient (Wildman–Crippen LogP) is 1.16. The van der Waals surface area contributed by atoms with Crippen LogP contribution >= 0.6 is 0 Å². The Morgan fingerprint density at radius 3 is 2.86 bits per heavy atom. The van der Waals surface area contributed by atoms with Crippen molar-refractivity contribution in [3.8, 4) is 0 Å². The number of hydrogen-bond donors (Lipinski definition) is 0. The summed E-state index contributed by atoms with van der Waals surface area (Å²) in [5.74, 6) is 0.0712. The van der Waals surface area contributed by atoms with E-state index in [0.717, 1.165) is 26.1 Å². The Kier molecular flexibility index (Phi) is 3.19. The van der Waals surface area contributed by atoms with Gasteiger partial charge in [0.25, 0.3) is 5.91 Å². The van der Waals surface area contributed by atoms with Crippen molar-refractivity contribution in [1.29, 1.82) is 0 Å². The fraction of sp³-hybridized carbons (Fsp3) is 0.625. The number of pyridine rings is 1. The number of carbonyl (C=O) groups is 1. The van der Waals surface area contributed by atoms with Gasteiger partial charge in [0.15, 0.2) is 0 Å². The number of aromatic nitrogens is 1. The maximum absolute atomic E-state index is 12.3. The van der Waals surface area contributed by atoms with Gasteiger partial charge in [-0.15, -0.1) is 0 Å². The Morgan fingerprint density at radius 1 is 1.33 bits per heavy atom. The molecule has 1 unspecified atom stereocenters. The zero-order valence-electron chi connectivity index (χ0n) is 12.2. The van der Waals surface area contributed by atoms with E-state index in [9.17, 15) is 4.79 Å². The van der Waals surface area contributed by atoms with Crippen molar-refractivity contribution in [2.75, 3.05) is 32.8 Å². The van der Waals surface area contributed by atoms with Gasteiger partial charge in [0.1, 0.15) is 5.60 Å². The van der Waals surface area contributed by atoms with Crippen LogP contribution in [0.4, 0.5) is 0 Å². The van der Waals surface area contributed by atoms with E-state index >= 15 is 0 Å². The molecule has 0 bridgehead atoms. The average Bonchev–Trinajstić information content (AvgIpc) is 3.15. The van der Waals surface area contributed by atoms with Crippen LogP contribution in [0.25, 0.3) is 0 Å². The van der Waals surface area contributed by atoms with Crippen LogP contribution in [-0.4, -0.2) is 65.1 Å². The van der Waals surface area contributed by atoms with Crippen LogP contribution in [0.15, 0.2) is 24.5 Å². The molecule has 4 rings (SSSR count). The van der Waals surface area contributed by atoms with E-state index < -0.39 is 0 Å². The molecule has 5 heteroatoms. The second-order valence-electron chi connectivity index (χ2n) is 6.50. The van der Waals surface area contributed by atoms with Gasteiger partial charge in [0.2, 0.25) is 0 Å². The second kappa shape index (κ2) is 5.07. The van der Waals surface area contributed by atoms with E-state index in [1.165, 1.54) is 25.9 Å². The van der Waals surface area contributed by atoms with Crippen molar-refractivity contribution in [3.63, 3.8) is 0 Å². The van der Waals surface area contributed by atoms with Crippen molar-refractivity contribution in [3.05, 3.63) is 30.1 Å². The summed E-state index contributed by atoms with van der Waals surface area (Å²) in [6.07, 6.45) is 7.03. The molecule has 3 aliphatic rings. The molecule has 0 radical (unpaired) electrons. The molecule has 0 aliphatic carbocycles. The molecule has 4 heterocycles. The number of amides is 1. The summed E-state index contributed by atoms with van der Waals surface area (Å²) < 4.78 is 6.07. The van der Waals surface area contributed by atoms with Crippen molar-refractivity contribution < 1.29 is 9.53 Å². The number of likely N-dealkylation sites (tertiary alicyclic amines) is 2. The molecule has 0 aromatic carbocycles. The number of rotatable bonds is 2. The van der Waals surface area contributed by atoms with Crippen LogP contribution in [0, 0.1) is 0 Å². The van der Waals surface area contributed by atoms with E-state index in [-0.39, 0.29) is 11.5 Å². The molecule has 0 N–H and O–H groups in total. The van der Waals surface area contributed by atoms with Gasteiger partial charge in [0.05, 0.1) is 25.3 Å². The Hall–Kier alpha value is -1.46. The number of carbonyl (C=O) groups excluding carboxylic acids is 1. The lowest BCUT2D eigenvalue weighted by Crippen LogP contribution is -2.63. The first-order valence-corrected chi connectivity index (χ1v) is 7.83. The van der Waals surface area contributed by atoms with Gasteiger partial charge in [-0.05, 0) is 44.5 Å². The van der Waals surface area contributed by atoms with Crippen LogP contribution in [-0.2, 0) is 4.74 Å². The maximum Gasteiger partial charge on any atom is 0.255 e. The Morgan fingerprint density at radius 2 is 2.14 bits per heavy atom. The molecule has 3 fully saturated rings. The quantitative estimate of drug-likeness (QED) is 0.819. The molecule has 112 valence electrons. The number of hydrogen-bond acceptors (Lipinski definition) is 4. The monoisotopic (exact) mass is 287 g/mol. The van der Waals surface area contributed by atoms with Gasteiger partial charge in [-0.3, -0.25) is 14.7 Å². The summed E-state index contributed by atoms with van der Waals surface area (Å²) in [5, 5.41) is 0. The number of nitrogens with zero attached hydrogens (tertiary/aromatic N) is 3. The highest BCUT2D eigenvalue weighted by Gasteiger charge is 2.52. The smallest absolute Gasteiger partial charge is 0.255 e. The SMILES string of the molecule is O=C(c1cccnc1)N1CC2(CC(N3CCCC3)CO2)C1. The summed E-state index contributed by atoms with van der Waals surface area (Å²) in [6.45, 7) is 4.70. The molecular formula is C16H21N3O2. The highest BCUT2D eigenvalue weighted by atomic mass is 16.5. The Balaban J connectivity index is 1.36. The normalized spacial score (nSPS) is 28.0. The molecule has 1 aromatic rings. The maximum atomic E-state index is 12.3. The van der Waals surface area contributed by atoms with Crippen LogP contribution in [0.1, 0.15) is 29.6 Å².